The van der Waals surface area contributed by atoms with Gasteiger partial charge >= 0.3 is 0 Å². The second kappa shape index (κ2) is 13.4. The second-order valence-corrected chi connectivity index (χ2v) is 8.37. The molecule has 1 aliphatic heterocycles. The van der Waals surface area contributed by atoms with Crippen molar-refractivity contribution in [2.45, 2.75) is 18.8 Å². The van der Waals surface area contributed by atoms with Crippen LogP contribution in [0, 0.1) is 11.6 Å². The zero-order valence-corrected chi connectivity index (χ0v) is 20.9. The highest BCUT2D eigenvalue weighted by molar-refractivity contribution is 5.97. The molecule has 2 aromatic carbocycles. The van der Waals surface area contributed by atoms with Crippen LogP contribution in [0.2, 0.25) is 0 Å². The number of benzene rings is 2. The number of amides is 1. The standard InChI is InChI=1S/C26H28F2N4O.2ClH/c27-21-9-5-19(6-10-21)23(20-7-11-22(28)12-8-20)4-2-14-31-15-17-32(18-16-31)26-24(25(29)33)3-1-13-30-26;;/h1,3,5-13,23H,2,4,14-18H2,(H2,29,33);2*1H. The number of anilines is 1. The molecule has 0 aliphatic carbocycles. The molecular weight excluding hydrogens is 493 g/mol. The van der Waals surface area contributed by atoms with Gasteiger partial charge in [0.1, 0.15) is 17.5 Å². The minimum Gasteiger partial charge on any atom is -0.365 e. The van der Waals surface area contributed by atoms with Crippen molar-refractivity contribution >= 4 is 36.5 Å². The van der Waals surface area contributed by atoms with Gasteiger partial charge in [0.15, 0.2) is 0 Å². The number of carbonyl (C=O) groups is 1. The lowest BCUT2D eigenvalue weighted by Gasteiger charge is -2.36. The van der Waals surface area contributed by atoms with Crippen molar-refractivity contribution in [2.75, 3.05) is 37.6 Å². The van der Waals surface area contributed by atoms with Gasteiger partial charge in [-0.15, -0.1) is 24.8 Å². The van der Waals surface area contributed by atoms with Gasteiger partial charge in [0.2, 0.25) is 0 Å². The van der Waals surface area contributed by atoms with Crippen molar-refractivity contribution in [3.63, 3.8) is 0 Å². The molecule has 2 N–H and O–H groups in total. The lowest BCUT2D eigenvalue weighted by molar-refractivity contribution is 0.1000. The molecule has 0 spiro atoms. The van der Waals surface area contributed by atoms with Crippen LogP contribution in [0.4, 0.5) is 14.6 Å². The predicted octanol–water partition coefficient (Wildman–Crippen LogP) is 5.04. The molecule has 35 heavy (non-hydrogen) atoms. The molecule has 0 atom stereocenters. The number of nitrogens with two attached hydrogens (primary N) is 1. The maximum Gasteiger partial charge on any atom is 0.252 e. The van der Waals surface area contributed by atoms with E-state index in [1.165, 1.54) is 24.3 Å². The molecule has 0 bridgehead atoms. The van der Waals surface area contributed by atoms with Gasteiger partial charge in [-0.2, -0.15) is 0 Å². The Morgan fingerprint density at radius 1 is 0.886 bits per heavy atom. The van der Waals surface area contributed by atoms with Crippen LogP contribution >= 0.6 is 24.8 Å². The minimum absolute atomic E-state index is 0. The van der Waals surface area contributed by atoms with E-state index < -0.39 is 5.91 Å². The smallest absolute Gasteiger partial charge is 0.252 e. The first-order valence-electron chi connectivity index (χ1n) is 11.2. The van der Waals surface area contributed by atoms with E-state index in [-0.39, 0.29) is 42.4 Å². The summed E-state index contributed by atoms with van der Waals surface area (Å²) in [5.74, 6) is -0.256. The summed E-state index contributed by atoms with van der Waals surface area (Å²) in [6, 6.07) is 16.6. The van der Waals surface area contributed by atoms with E-state index in [2.05, 4.69) is 14.8 Å². The van der Waals surface area contributed by atoms with Gasteiger partial charge in [-0.1, -0.05) is 24.3 Å². The molecule has 1 aromatic heterocycles. The van der Waals surface area contributed by atoms with Crippen molar-refractivity contribution in [2.24, 2.45) is 5.73 Å². The summed E-state index contributed by atoms with van der Waals surface area (Å²) in [5.41, 5.74) is 8.01. The zero-order chi connectivity index (χ0) is 23.2. The molecule has 1 saturated heterocycles. The summed E-state index contributed by atoms with van der Waals surface area (Å²) in [6.45, 7) is 4.21. The molecule has 2 heterocycles. The third-order valence-corrected chi connectivity index (χ3v) is 6.24. The number of nitrogens with zero attached hydrogens (tertiary/aromatic N) is 3. The number of carbonyl (C=O) groups excluding carboxylic acids is 1. The highest BCUT2D eigenvalue weighted by atomic mass is 35.5. The fourth-order valence-electron chi connectivity index (χ4n) is 4.46. The van der Waals surface area contributed by atoms with Crippen LogP contribution in [0.1, 0.15) is 40.2 Å². The number of rotatable bonds is 8. The number of pyridine rings is 1. The number of hydrogen-bond donors (Lipinski definition) is 1. The first-order valence-corrected chi connectivity index (χ1v) is 11.2. The van der Waals surface area contributed by atoms with Crippen LogP contribution in [-0.2, 0) is 0 Å². The molecule has 4 rings (SSSR count). The Hall–Kier alpha value is -2.74. The fraction of sp³-hybridized carbons (Fsp3) is 0.308. The van der Waals surface area contributed by atoms with Gasteiger partial charge in [0.25, 0.3) is 5.91 Å². The van der Waals surface area contributed by atoms with Crippen molar-refractivity contribution < 1.29 is 13.6 Å². The van der Waals surface area contributed by atoms with Crippen LogP contribution in [-0.4, -0.2) is 48.5 Å². The molecule has 3 aromatic rings. The van der Waals surface area contributed by atoms with E-state index in [4.69, 9.17) is 5.73 Å². The van der Waals surface area contributed by atoms with Gasteiger partial charge in [-0.25, -0.2) is 13.8 Å². The van der Waals surface area contributed by atoms with E-state index in [1.807, 2.05) is 24.3 Å². The Bertz CT molecular complexity index is 1030. The van der Waals surface area contributed by atoms with Crippen LogP contribution in [0.3, 0.4) is 0 Å². The molecule has 0 unspecified atom stereocenters. The van der Waals surface area contributed by atoms with Crippen molar-refractivity contribution in [3.05, 3.63) is 95.2 Å². The van der Waals surface area contributed by atoms with Crippen LogP contribution in [0.15, 0.2) is 66.9 Å². The van der Waals surface area contributed by atoms with Gasteiger partial charge in [0, 0.05) is 38.3 Å². The lowest BCUT2D eigenvalue weighted by atomic mass is 9.87. The summed E-state index contributed by atoms with van der Waals surface area (Å²) < 4.78 is 26.9. The number of halogens is 4. The Labute approximate surface area is 217 Å². The monoisotopic (exact) mass is 522 g/mol. The van der Waals surface area contributed by atoms with E-state index in [0.717, 1.165) is 56.7 Å². The van der Waals surface area contributed by atoms with Crippen LogP contribution < -0.4 is 10.6 Å². The van der Waals surface area contributed by atoms with Gasteiger partial charge in [-0.05, 0) is 66.9 Å². The summed E-state index contributed by atoms with van der Waals surface area (Å²) in [4.78, 5) is 20.6. The fourth-order valence-corrected chi connectivity index (χ4v) is 4.46. The summed E-state index contributed by atoms with van der Waals surface area (Å²) >= 11 is 0. The van der Waals surface area contributed by atoms with Gasteiger partial charge < -0.3 is 10.6 Å². The Balaban J connectivity index is 0.00000216. The average molecular weight is 523 g/mol. The summed E-state index contributed by atoms with van der Waals surface area (Å²) in [7, 11) is 0. The molecule has 1 fully saturated rings. The highest BCUT2D eigenvalue weighted by Crippen LogP contribution is 2.30. The molecule has 0 radical (unpaired) electrons. The molecule has 1 amide bonds. The van der Waals surface area contributed by atoms with Crippen molar-refractivity contribution in [1.82, 2.24) is 9.88 Å². The van der Waals surface area contributed by atoms with Gasteiger partial charge in [0.05, 0.1) is 5.56 Å². The van der Waals surface area contributed by atoms with E-state index in [0.29, 0.717) is 11.4 Å². The predicted molar refractivity (Wildman–Crippen MR) is 140 cm³/mol. The number of hydrogen-bond acceptors (Lipinski definition) is 4. The summed E-state index contributed by atoms with van der Waals surface area (Å²) in [5, 5.41) is 0. The largest absolute Gasteiger partial charge is 0.365 e. The third kappa shape index (κ3) is 7.37. The quantitative estimate of drug-likeness (QED) is 0.450. The maximum absolute atomic E-state index is 13.4. The zero-order valence-electron chi connectivity index (χ0n) is 19.3. The molecule has 188 valence electrons. The number of aromatic nitrogens is 1. The van der Waals surface area contributed by atoms with Gasteiger partial charge in [-0.3, -0.25) is 9.69 Å². The van der Waals surface area contributed by atoms with Crippen molar-refractivity contribution in [3.8, 4) is 0 Å². The number of piperazine rings is 1. The molecular formula is C26H30Cl2F2N4O. The molecule has 5 nitrogen and oxygen atoms in total. The van der Waals surface area contributed by atoms with E-state index in [1.54, 1.807) is 18.3 Å². The minimum atomic E-state index is -0.465. The molecule has 0 saturated carbocycles. The van der Waals surface area contributed by atoms with E-state index in [9.17, 15) is 13.6 Å². The van der Waals surface area contributed by atoms with E-state index >= 15 is 0 Å². The Morgan fingerprint density at radius 2 is 1.43 bits per heavy atom. The third-order valence-electron chi connectivity index (χ3n) is 6.24. The first-order chi connectivity index (χ1) is 16.0. The van der Waals surface area contributed by atoms with Crippen molar-refractivity contribution in [1.29, 1.82) is 0 Å². The highest BCUT2D eigenvalue weighted by Gasteiger charge is 2.22. The first kappa shape index (κ1) is 28.5. The van der Waals surface area contributed by atoms with Crippen LogP contribution in [0.5, 0.6) is 0 Å². The summed E-state index contributed by atoms with van der Waals surface area (Å²) in [6.07, 6.45) is 3.51. The maximum atomic E-state index is 13.4. The normalized spacial score (nSPS) is 13.7. The Kier molecular flexibility index (Phi) is 10.9. The molecule has 1 aliphatic rings. The number of primary amides is 1. The lowest BCUT2D eigenvalue weighted by Crippen LogP contribution is -2.47. The second-order valence-electron chi connectivity index (χ2n) is 8.37. The average Bonchev–Trinajstić information content (AvgIpc) is 2.84. The topological polar surface area (TPSA) is 62.5 Å². The molecule has 9 heteroatoms. The SMILES string of the molecule is Cl.Cl.NC(=O)c1cccnc1N1CCN(CCCC(c2ccc(F)cc2)c2ccc(F)cc2)CC1. The van der Waals surface area contributed by atoms with Crippen LogP contribution in [0.25, 0.3) is 0 Å². The Morgan fingerprint density at radius 3 is 1.94 bits per heavy atom.